The molecule has 168 valence electrons. The second kappa shape index (κ2) is 9.97. The van der Waals surface area contributed by atoms with E-state index in [1.165, 1.54) is 36.7 Å². The van der Waals surface area contributed by atoms with Crippen molar-refractivity contribution in [1.29, 1.82) is 0 Å². The number of ether oxygens (including phenoxy) is 2. The van der Waals surface area contributed by atoms with Crippen LogP contribution >= 0.6 is 0 Å². The van der Waals surface area contributed by atoms with Crippen LogP contribution in [-0.4, -0.2) is 70.6 Å². The molecule has 1 N–H and O–H groups in total. The lowest BCUT2D eigenvalue weighted by atomic mass is 10.1. The molecule has 1 saturated heterocycles. The summed E-state index contributed by atoms with van der Waals surface area (Å²) in [5, 5.41) is 2.82. The van der Waals surface area contributed by atoms with E-state index in [0.29, 0.717) is 18.7 Å². The number of carbonyl (C=O) groups is 1. The van der Waals surface area contributed by atoms with Gasteiger partial charge in [0.15, 0.2) is 0 Å². The first-order chi connectivity index (χ1) is 14.8. The van der Waals surface area contributed by atoms with Crippen LogP contribution in [0.1, 0.15) is 5.56 Å². The van der Waals surface area contributed by atoms with Gasteiger partial charge in [-0.1, -0.05) is 12.1 Å². The lowest BCUT2D eigenvalue weighted by molar-refractivity contribution is 0.172. The molecule has 8 nitrogen and oxygen atoms in total. The van der Waals surface area contributed by atoms with E-state index in [9.17, 15) is 17.6 Å². The van der Waals surface area contributed by atoms with E-state index in [2.05, 4.69) is 5.32 Å². The number of sulfonamides is 1. The molecule has 1 aliphatic rings. The first kappa shape index (κ1) is 22.8. The van der Waals surface area contributed by atoms with E-state index < -0.39 is 10.0 Å². The first-order valence-electron chi connectivity index (χ1n) is 9.84. The van der Waals surface area contributed by atoms with E-state index in [1.54, 1.807) is 29.2 Å². The quantitative estimate of drug-likeness (QED) is 0.697. The third kappa shape index (κ3) is 5.45. The van der Waals surface area contributed by atoms with E-state index in [4.69, 9.17) is 9.47 Å². The van der Waals surface area contributed by atoms with Gasteiger partial charge in [0.25, 0.3) is 0 Å². The Bertz CT molecular complexity index is 1010. The van der Waals surface area contributed by atoms with E-state index in [1.807, 2.05) is 0 Å². The Morgan fingerprint density at radius 3 is 2.32 bits per heavy atom. The average molecular weight is 452 g/mol. The Kier molecular flexibility index (Phi) is 7.34. The van der Waals surface area contributed by atoms with Crippen molar-refractivity contribution >= 4 is 16.1 Å². The number of hydrogen-bond donors (Lipinski definition) is 1. The smallest absolute Gasteiger partial charge is 0.317 e. The summed E-state index contributed by atoms with van der Waals surface area (Å²) in [6, 6.07) is 10.5. The molecule has 1 heterocycles. The van der Waals surface area contributed by atoms with Crippen LogP contribution in [0.3, 0.4) is 0 Å². The summed E-state index contributed by atoms with van der Waals surface area (Å²) in [7, 11) is -0.928. The second-order valence-electron chi connectivity index (χ2n) is 7.02. The predicted molar refractivity (Wildman–Crippen MR) is 113 cm³/mol. The number of nitrogens with zero attached hydrogens (tertiary/aromatic N) is 2. The van der Waals surface area contributed by atoms with Crippen LogP contribution in [-0.2, 0) is 16.4 Å². The van der Waals surface area contributed by atoms with Gasteiger partial charge in [-0.25, -0.2) is 17.6 Å². The molecule has 0 unspecified atom stereocenters. The molecule has 1 fully saturated rings. The maximum absolute atomic E-state index is 13.1. The minimum Gasteiger partial charge on any atom is -0.497 e. The molecule has 0 atom stereocenters. The lowest BCUT2D eigenvalue weighted by Gasteiger charge is -2.34. The number of benzene rings is 2. The predicted octanol–water partition coefficient (Wildman–Crippen LogP) is 2.10. The Hall–Kier alpha value is -2.85. The molecule has 0 bridgehead atoms. The fourth-order valence-corrected chi connectivity index (χ4v) is 4.93. The highest BCUT2D eigenvalue weighted by Crippen LogP contribution is 2.31. The standard InChI is InChI=1S/C21H26FN3O5S/c1-29-18-7-8-19(30-2)20(15-18)31(27,28)25-13-11-24(12-14-25)21(26)23-10-9-16-3-5-17(22)6-4-16/h3-8,15H,9-14H2,1-2H3,(H,23,26). The van der Waals surface area contributed by atoms with Gasteiger partial charge in [0.1, 0.15) is 22.2 Å². The lowest BCUT2D eigenvalue weighted by Crippen LogP contribution is -2.53. The zero-order chi connectivity index (χ0) is 22.4. The van der Waals surface area contributed by atoms with E-state index in [0.717, 1.165) is 5.56 Å². The van der Waals surface area contributed by atoms with Crippen molar-refractivity contribution < 1.29 is 27.1 Å². The molecule has 3 rings (SSSR count). The molecular formula is C21H26FN3O5S. The van der Waals surface area contributed by atoms with Crippen LogP contribution in [0, 0.1) is 5.82 Å². The monoisotopic (exact) mass is 451 g/mol. The van der Waals surface area contributed by atoms with Gasteiger partial charge in [0.2, 0.25) is 10.0 Å². The highest BCUT2D eigenvalue weighted by Gasteiger charge is 2.32. The van der Waals surface area contributed by atoms with Gasteiger partial charge in [0, 0.05) is 38.8 Å². The number of hydrogen-bond acceptors (Lipinski definition) is 5. The molecule has 0 spiro atoms. The minimum atomic E-state index is -3.80. The van der Waals surface area contributed by atoms with Gasteiger partial charge in [-0.05, 0) is 36.2 Å². The van der Waals surface area contributed by atoms with Crippen LogP contribution in [0.15, 0.2) is 47.4 Å². The number of amides is 2. The number of urea groups is 1. The fourth-order valence-electron chi connectivity index (χ4n) is 3.33. The summed E-state index contributed by atoms with van der Waals surface area (Å²) in [6.07, 6.45) is 0.579. The first-order valence-corrected chi connectivity index (χ1v) is 11.3. The van der Waals surface area contributed by atoms with Gasteiger partial charge in [-0.2, -0.15) is 4.31 Å². The highest BCUT2D eigenvalue weighted by atomic mass is 32.2. The molecule has 0 radical (unpaired) electrons. The van der Waals surface area contributed by atoms with Crippen molar-refractivity contribution in [3.8, 4) is 11.5 Å². The van der Waals surface area contributed by atoms with E-state index >= 15 is 0 Å². The summed E-state index contributed by atoms with van der Waals surface area (Å²) in [5.74, 6) is 0.354. The van der Waals surface area contributed by atoms with Crippen LogP contribution in [0.2, 0.25) is 0 Å². The van der Waals surface area contributed by atoms with Crippen LogP contribution in [0.5, 0.6) is 11.5 Å². The van der Waals surface area contributed by atoms with Crippen LogP contribution < -0.4 is 14.8 Å². The number of carbonyl (C=O) groups excluding carboxylic acids is 1. The van der Waals surface area contributed by atoms with Gasteiger partial charge in [-0.3, -0.25) is 0 Å². The second-order valence-corrected chi connectivity index (χ2v) is 8.92. The zero-order valence-corrected chi connectivity index (χ0v) is 18.3. The number of methoxy groups -OCH3 is 2. The third-order valence-electron chi connectivity index (χ3n) is 5.12. The SMILES string of the molecule is COc1ccc(OC)c(S(=O)(=O)N2CCN(C(=O)NCCc3ccc(F)cc3)CC2)c1. The van der Waals surface area contributed by atoms with Crippen molar-refractivity contribution in [3.05, 3.63) is 53.8 Å². The molecule has 10 heteroatoms. The topological polar surface area (TPSA) is 88.2 Å². The molecule has 0 aromatic heterocycles. The van der Waals surface area contributed by atoms with Gasteiger partial charge >= 0.3 is 6.03 Å². The molecule has 2 aromatic carbocycles. The number of piperazine rings is 1. The summed E-state index contributed by atoms with van der Waals surface area (Å²) >= 11 is 0. The number of rotatable bonds is 7. The normalized spacial score (nSPS) is 14.9. The van der Waals surface area contributed by atoms with Crippen LogP contribution in [0.4, 0.5) is 9.18 Å². The van der Waals surface area contributed by atoms with Crippen molar-refractivity contribution in [2.24, 2.45) is 0 Å². The largest absolute Gasteiger partial charge is 0.497 e. The number of nitrogens with one attached hydrogen (secondary N) is 1. The highest BCUT2D eigenvalue weighted by molar-refractivity contribution is 7.89. The number of halogens is 1. The molecule has 0 saturated carbocycles. The molecule has 2 aromatic rings. The van der Waals surface area contributed by atoms with Crippen molar-refractivity contribution in [1.82, 2.24) is 14.5 Å². The summed E-state index contributed by atoms with van der Waals surface area (Å²) in [4.78, 5) is 14.0. The maximum atomic E-state index is 13.1. The van der Waals surface area contributed by atoms with Crippen molar-refractivity contribution in [2.75, 3.05) is 46.9 Å². The van der Waals surface area contributed by atoms with Gasteiger partial charge in [0.05, 0.1) is 14.2 Å². The maximum Gasteiger partial charge on any atom is 0.317 e. The Labute approximate surface area is 181 Å². The average Bonchev–Trinajstić information content (AvgIpc) is 2.79. The van der Waals surface area contributed by atoms with E-state index in [-0.39, 0.29) is 48.7 Å². The Morgan fingerprint density at radius 2 is 1.71 bits per heavy atom. The van der Waals surface area contributed by atoms with Gasteiger partial charge < -0.3 is 19.7 Å². The summed E-state index contributed by atoms with van der Waals surface area (Å²) in [6.45, 7) is 1.30. The third-order valence-corrected chi connectivity index (χ3v) is 7.04. The zero-order valence-electron chi connectivity index (χ0n) is 17.5. The Balaban J connectivity index is 1.56. The minimum absolute atomic E-state index is 0.0338. The fraction of sp³-hybridized carbons (Fsp3) is 0.381. The molecule has 2 amide bonds. The van der Waals surface area contributed by atoms with Crippen molar-refractivity contribution in [3.63, 3.8) is 0 Å². The van der Waals surface area contributed by atoms with Gasteiger partial charge in [-0.15, -0.1) is 0 Å². The molecule has 0 aliphatic carbocycles. The molecule has 1 aliphatic heterocycles. The Morgan fingerprint density at radius 1 is 1.03 bits per heavy atom. The molecule has 31 heavy (non-hydrogen) atoms. The summed E-state index contributed by atoms with van der Waals surface area (Å²) in [5.41, 5.74) is 0.921. The van der Waals surface area contributed by atoms with Crippen LogP contribution in [0.25, 0.3) is 0 Å². The summed E-state index contributed by atoms with van der Waals surface area (Å²) < 4.78 is 50.9. The van der Waals surface area contributed by atoms with Crippen molar-refractivity contribution in [2.45, 2.75) is 11.3 Å². The molecular weight excluding hydrogens is 425 g/mol.